The fourth-order valence-corrected chi connectivity index (χ4v) is 7.46. The van der Waals surface area contributed by atoms with E-state index < -0.39 is 11.9 Å². The van der Waals surface area contributed by atoms with Crippen LogP contribution in [0, 0.1) is 34.5 Å². The van der Waals surface area contributed by atoms with E-state index in [1.165, 1.54) is 20.8 Å². The van der Waals surface area contributed by atoms with Crippen LogP contribution < -0.4 is 20.9 Å². The highest BCUT2D eigenvalue weighted by Gasteiger charge is 2.39. The number of esters is 2. The van der Waals surface area contributed by atoms with Crippen LogP contribution in [0.25, 0.3) is 22.8 Å². The van der Waals surface area contributed by atoms with Gasteiger partial charge in [-0.3, -0.25) is 33.3 Å². The summed E-state index contributed by atoms with van der Waals surface area (Å²) < 4.78 is 7.27. The second-order valence-electron chi connectivity index (χ2n) is 16.2. The lowest BCUT2D eigenvalue weighted by Gasteiger charge is -2.41. The fraction of sp³-hybridized carbons (Fsp3) is 0.500. The normalized spacial score (nSPS) is 18.0. The van der Waals surface area contributed by atoms with E-state index >= 15 is 0 Å². The average Bonchev–Trinajstić information content (AvgIpc) is 4.18. The molecule has 4 aliphatic rings. The van der Waals surface area contributed by atoms with Gasteiger partial charge in [-0.05, 0) is 39.5 Å². The molecule has 22 heteroatoms. The monoisotopic (exact) mass is 876 g/mol. The summed E-state index contributed by atoms with van der Waals surface area (Å²) in [6, 6.07) is 4.33. The zero-order valence-corrected chi connectivity index (χ0v) is 37.0. The number of nitrogens with two attached hydrogens (primary N) is 1. The molecule has 0 radical (unpaired) electrons. The van der Waals surface area contributed by atoms with Crippen LogP contribution in [0.15, 0.2) is 24.8 Å². The van der Waals surface area contributed by atoms with Crippen LogP contribution in [0.1, 0.15) is 71.4 Å². The highest BCUT2D eigenvalue weighted by molar-refractivity contribution is 5.91. The standard InChI is InChI=1S/C20H24N8O2.C18H22N8O.C4H6O3/c1-12-10-27(6-7-28(12)20(30)14-4-5-14)19-16(8-21)18(23-13(2)29)24-17(25-19)15-9-22-26(3)11-15;1-11-9-25(5-6-26(11)18(27)12-3-4-12)17-14(7-19)15(20)22-16(23-17)13-8-21-24(2)10-13;1-3(5)7-4(2)6/h9,11-12,14H,4-7,10H2,1-3H3,(H,23,24,25,29);8,10-12H,3-6,9H2,1-2H3,(H2,20,22,23);1-2H3/t12-;11-;/m11./s1. The molecule has 8 rings (SSSR count). The Labute approximate surface area is 370 Å². The molecule has 0 aromatic carbocycles. The van der Waals surface area contributed by atoms with E-state index in [0.29, 0.717) is 68.1 Å². The number of nitrogens with zero attached hydrogens (tertiary/aromatic N) is 14. The first kappa shape index (κ1) is 46.0. The lowest BCUT2D eigenvalue weighted by atomic mass is 10.1. The number of ether oxygens (including phenoxy) is 1. The largest absolute Gasteiger partial charge is 0.394 e. The number of anilines is 4. The summed E-state index contributed by atoms with van der Waals surface area (Å²) >= 11 is 0. The molecular formula is C42H52N16O6. The molecule has 6 heterocycles. The number of nitrogen functional groups attached to an aromatic ring is 1. The third-order valence-corrected chi connectivity index (χ3v) is 10.8. The number of aryl methyl sites for hydroxylation is 2. The van der Waals surface area contributed by atoms with Crippen molar-refractivity contribution in [3.05, 3.63) is 35.9 Å². The zero-order chi connectivity index (χ0) is 46.4. The lowest BCUT2D eigenvalue weighted by molar-refractivity contribution is -0.156. The lowest BCUT2D eigenvalue weighted by Crippen LogP contribution is -2.55. The van der Waals surface area contributed by atoms with Crippen LogP contribution in [-0.4, -0.2) is 130 Å². The van der Waals surface area contributed by atoms with Gasteiger partial charge in [-0.15, -0.1) is 0 Å². The van der Waals surface area contributed by atoms with Crippen molar-refractivity contribution in [3.63, 3.8) is 0 Å². The van der Waals surface area contributed by atoms with Gasteiger partial charge >= 0.3 is 11.9 Å². The van der Waals surface area contributed by atoms with E-state index in [4.69, 9.17) is 5.73 Å². The SMILES string of the molecule is CC(=O)Nc1nc(-c2cnn(C)c2)nc(N2CCN(C(=O)C3CC3)[C@H](C)C2)c1C#N.CC(=O)OC(C)=O.C[C@@H]1CN(c2nc(-c3cnn(C)c3)nc(N)c2C#N)CCN1C(=O)C1CC1. The fourth-order valence-electron chi connectivity index (χ4n) is 7.46. The summed E-state index contributed by atoms with van der Waals surface area (Å²) in [5.74, 6) is 1.56. The maximum Gasteiger partial charge on any atom is 0.310 e. The van der Waals surface area contributed by atoms with Crippen LogP contribution in [-0.2, 0) is 42.8 Å². The van der Waals surface area contributed by atoms with Crippen molar-refractivity contribution in [3.8, 4) is 34.9 Å². The highest BCUT2D eigenvalue weighted by atomic mass is 16.6. The number of rotatable bonds is 7. The second-order valence-corrected chi connectivity index (χ2v) is 16.2. The molecule has 0 spiro atoms. The molecule has 2 aliphatic heterocycles. The molecule has 4 fully saturated rings. The van der Waals surface area contributed by atoms with Crippen molar-refractivity contribution in [1.82, 2.24) is 49.3 Å². The summed E-state index contributed by atoms with van der Waals surface area (Å²) in [6.45, 7) is 11.3. The van der Waals surface area contributed by atoms with Gasteiger partial charge in [0.15, 0.2) is 29.1 Å². The Balaban J connectivity index is 0.000000186. The molecule has 2 saturated carbocycles. The van der Waals surface area contributed by atoms with Gasteiger partial charge in [0, 0.05) is 110 Å². The minimum absolute atomic E-state index is 0.000540. The maximum absolute atomic E-state index is 12.5. The van der Waals surface area contributed by atoms with Crippen molar-refractivity contribution in [2.45, 2.75) is 72.4 Å². The van der Waals surface area contributed by atoms with E-state index in [1.807, 2.05) is 40.5 Å². The van der Waals surface area contributed by atoms with Gasteiger partial charge in [-0.2, -0.15) is 20.7 Å². The van der Waals surface area contributed by atoms with Gasteiger partial charge in [0.05, 0.1) is 23.5 Å². The van der Waals surface area contributed by atoms with E-state index in [-0.39, 0.29) is 64.4 Å². The first-order valence-corrected chi connectivity index (χ1v) is 20.9. The number of amides is 3. The van der Waals surface area contributed by atoms with Crippen molar-refractivity contribution in [2.24, 2.45) is 25.9 Å². The summed E-state index contributed by atoms with van der Waals surface area (Å²) in [6.07, 6.45) is 10.8. The summed E-state index contributed by atoms with van der Waals surface area (Å²) in [5, 5.41) is 30.3. The smallest absolute Gasteiger partial charge is 0.310 e. The molecule has 0 unspecified atom stereocenters. The van der Waals surface area contributed by atoms with Crippen LogP contribution in [0.4, 0.5) is 23.3 Å². The Morgan fingerprint density at radius 2 is 1.12 bits per heavy atom. The number of hydrogen-bond donors (Lipinski definition) is 2. The molecule has 64 heavy (non-hydrogen) atoms. The van der Waals surface area contributed by atoms with Crippen LogP contribution in [0.3, 0.4) is 0 Å². The zero-order valence-electron chi connectivity index (χ0n) is 37.0. The Morgan fingerprint density at radius 3 is 1.47 bits per heavy atom. The third-order valence-electron chi connectivity index (χ3n) is 10.8. The number of hydrogen-bond acceptors (Lipinski definition) is 17. The van der Waals surface area contributed by atoms with Crippen molar-refractivity contribution in [2.75, 3.05) is 60.1 Å². The molecule has 2 aliphatic carbocycles. The second kappa shape index (κ2) is 19.7. The Morgan fingerprint density at radius 1 is 0.688 bits per heavy atom. The molecule has 4 aromatic rings. The Hall–Kier alpha value is -7.49. The molecule has 0 bridgehead atoms. The summed E-state index contributed by atoms with van der Waals surface area (Å²) in [5.41, 5.74) is 7.97. The molecule has 336 valence electrons. The molecule has 2 atom stereocenters. The number of nitriles is 2. The van der Waals surface area contributed by atoms with Gasteiger partial charge in [-0.25, -0.2) is 19.9 Å². The molecule has 4 aromatic heterocycles. The summed E-state index contributed by atoms with van der Waals surface area (Å²) in [7, 11) is 3.61. The molecular weight excluding hydrogens is 825 g/mol. The van der Waals surface area contributed by atoms with Gasteiger partial charge in [0.25, 0.3) is 0 Å². The first-order valence-electron chi connectivity index (χ1n) is 20.9. The molecule has 22 nitrogen and oxygen atoms in total. The van der Waals surface area contributed by atoms with Gasteiger partial charge in [-0.1, -0.05) is 0 Å². The van der Waals surface area contributed by atoms with Crippen molar-refractivity contribution < 1.29 is 28.7 Å². The van der Waals surface area contributed by atoms with E-state index in [1.54, 1.807) is 41.2 Å². The topological polar surface area (TPSA) is 280 Å². The van der Waals surface area contributed by atoms with Gasteiger partial charge < -0.3 is 35.4 Å². The minimum atomic E-state index is -0.562. The van der Waals surface area contributed by atoms with Crippen LogP contribution in [0.5, 0.6) is 0 Å². The number of carbonyl (C=O) groups excluding carboxylic acids is 5. The van der Waals surface area contributed by atoms with Gasteiger partial charge in [0.2, 0.25) is 17.7 Å². The number of aromatic nitrogens is 8. The third kappa shape index (κ3) is 11.1. The number of piperazine rings is 2. The van der Waals surface area contributed by atoms with E-state index in [2.05, 4.69) is 52.3 Å². The Bertz CT molecular complexity index is 2500. The first-order chi connectivity index (χ1) is 30.5. The molecule has 3 amide bonds. The quantitative estimate of drug-likeness (QED) is 0.198. The molecule has 3 N–H and O–H groups in total. The minimum Gasteiger partial charge on any atom is -0.394 e. The van der Waals surface area contributed by atoms with E-state index in [0.717, 1.165) is 31.2 Å². The van der Waals surface area contributed by atoms with E-state index in [9.17, 15) is 34.5 Å². The Kier molecular flexibility index (Phi) is 14.2. The van der Waals surface area contributed by atoms with Crippen molar-refractivity contribution in [1.29, 1.82) is 10.5 Å². The maximum atomic E-state index is 12.5. The number of carbonyl (C=O) groups is 5. The van der Waals surface area contributed by atoms with Crippen LogP contribution in [0.2, 0.25) is 0 Å². The van der Waals surface area contributed by atoms with Crippen LogP contribution >= 0.6 is 0 Å². The summed E-state index contributed by atoms with van der Waals surface area (Å²) in [4.78, 5) is 82.1. The predicted octanol–water partition coefficient (Wildman–Crippen LogP) is 2.03. The number of nitrogens with one attached hydrogen (secondary N) is 1. The highest BCUT2D eigenvalue weighted by Crippen LogP contribution is 2.35. The van der Waals surface area contributed by atoms with Gasteiger partial charge in [0.1, 0.15) is 29.1 Å². The molecule has 2 saturated heterocycles. The predicted molar refractivity (Wildman–Crippen MR) is 231 cm³/mol. The van der Waals surface area contributed by atoms with Crippen molar-refractivity contribution >= 4 is 52.9 Å². The average molecular weight is 877 g/mol.